The summed E-state index contributed by atoms with van der Waals surface area (Å²) >= 11 is 5.86. The van der Waals surface area contributed by atoms with Crippen LogP contribution >= 0.6 is 38.5 Å². The van der Waals surface area contributed by atoms with Crippen molar-refractivity contribution in [1.29, 1.82) is 0 Å². The molecule has 0 fully saturated rings. The second-order valence-corrected chi connectivity index (χ2v) is 5.04. The number of benzene rings is 2. The van der Waals surface area contributed by atoms with Gasteiger partial charge in [0.15, 0.2) is 0 Å². The Labute approximate surface area is 112 Å². The van der Waals surface area contributed by atoms with Crippen molar-refractivity contribution < 1.29 is 0 Å². The summed E-state index contributed by atoms with van der Waals surface area (Å²) in [5, 5.41) is 0.915. The van der Waals surface area contributed by atoms with Crippen LogP contribution in [0.15, 0.2) is 48.5 Å². The summed E-state index contributed by atoms with van der Waals surface area (Å²) in [4.78, 5) is 0. The quantitative estimate of drug-likeness (QED) is 0.522. The molecule has 0 aliphatic carbocycles. The highest BCUT2D eigenvalue weighted by Crippen LogP contribution is 2.26. The third-order valence-electron chi connectivity index (χ3n) is 2.27. The second-order valence-electron chi connectivity index (χ2n) is 3.31. The van der Waals surface area contributed by atoms with E-state index < -0.39 is 0 Å². The Morgan fingerprint density at radius 1 is 1.00 bits per heavy atom. The Bertz CT molecular complexity index is 451. The molecular weight excluding hydrogens is 363 g/mol. The normalized spacial score (nSPS) is 10.3. The summed E-state index contributed by atoms with van der Waals surface area (Å²) in [6.07, 6.45) is 0. The van der Waals surface area contributed by atoms with E-state index in [4.69, 9.17) is 0 Å². The van der Waals surface area contributed by atoms with Crippen LogP contribution in [0.3, 0.4) is 0 Å². The fraction of sp³-hybridized carbons (Fsp3) is 0.0769. The molecule has 0 amide bonds. The second kappa shape index (κ2) is 5.12. The summed E-state index contributed by atoms with van der Waals surface area (Å²) < 4.78 is 1.30. The molecule has 2 heteroatoms. The lowest BCUT2D eigenvalue weighted by molar-refractivity contribution is 1.41. The van der Waals surface area contributed by atoms with Crippen molar-refractivity contribution in [2.24, 2.45) is 0 Å². The molecule has 0 bridgehead atoms. The van der Waals surface area contributed by atoms with Gasteiger partial charge < -0.3 is 0 Å². The summed E-state index contributed by atoms with van der Waals surface area (Å²) in [5.74, 6) is 0. The van der Waals surface area contributed by atoms with Crippen molar-refractivity contribution in [2.45, 2.75) is 5.33 Å². The van der Waals surface area contributed by atoms with Crippen LogP contribution in [-0.4, -0.2) is 0 Å². The summed E-state index contributed by atoms with van der Waals surface area (Å²) in [5.41, 5.74) is 3.91. The molecule has 0 aromatic heterocycles. The van der Waals surface area contributed by atoms with E-state index in [0.717, 1.165) is 5.33 Å². The van der Waals surface area contributed by atoms with Crippen LogP contribution in [0, 0.1) is 3.57 Å². The Morgan fingerprint density at radius 2 is 1.73 bits per heavy atom. The average molecular weight is 373 g/mol. The predicted molar refractivity (Wildman–Crippen MR) is 77.2 cm³/mol. The largest absolute Gasteiger partial charge is 0.0876 e. The first-order chi connectivity index (χ1) is 7.31. The van der Waals surface area contributed by atoms with Gasteiger partial charge in [0, 0.05) is 8.90 Å². The van der Waals surface area contributed by atoms with E-state index >= 15 is 0 Å². The van der Waals surface area contributed by atoms with Crippen molar-refractivity contribution in [3.05, 3.63) is 57.7 Å². The van der Waals surface area contributed by atoms with Crippen LogP contribution in [0.5, 0.6) is 0 Å². The minimum absolute atomic E-state index is 0.915. The summed E-state index contributed by atoms with van der Waals surface area (Å²) in [6, 6.07) is 17.1. The maximum absolute atomic E-state index is 3.47. The van der Waals surface area contributed by atoms with Gasteiger partial charge in [-0.3, -0.25) is 0 Å². The molecule has 0 unspecified atom stereocenters. The zero-order valence-electron chi connectivity index (χ0n) is 8.08. The van der Waals surface area contributed by atoms with Gasteiger partial charge in [0.2, 0.25) is 0 Å². The van der Waals surface area contributed by atoms with E-state index in [9.17, 15) is 0 Å². The fourth-order valence-electron chi connectivity index (χ4n) is 1.49. The zero-order valence-corrected chi connectivity index (χ0v) is 11.8. The number of alkyl halides is 1. The molecule has 0 N–H and O–H groups in total. The Balaban J connectivity index is 2.46. The number of rotatable bonds is 2. The standard InChI is InChI=1S/C13H10BrI/c14-9-10-6-7-12(13(15)8-10)11-4-2-1-3-5-11/h1-8H,9H2. The lowest BCUT2D eigenvalue weighted by atomic mass is 10.0. The van der Waals surface area contributed by atoms with E-state index in [2.05, 4.69) is 81.0 Å². The highest BCUT2D eigenvalue weighted by Gasteiger charge is 2.02. The molecule has 0 heterocycles. The molecule has 0 aliphatic heterocycles. The molecule has 15 heavy (non-hydrogen) atoms. The van der Waals surface area contributed by atoms with Crippen molar-refractivity contribution in [3.8, 4) is 11.1 Å². The molecule has 0 saturated heterocycles. The van der Waals surface area contributed by atoms with Crippen LogP contribution in [0.4, 0.5) is 0 Å². The molecule has 0 atom stereocenters. The third-order valence-corrected chi connectivity index (χ3v) is 3.81. The smallest absolute Gasteiger partial charge is 0.0283 e. The first-order valence-corrected chi connectivity index (χ1v) is 6.91. The van der Waals surface area contributed by atoms with Crippen molar-refractivity contribution in [2.75, 3.05) is 0 Å². The zero-order chi connectivity index (χ0) is 10.7. The minimum atomic E-state index is 0.915. The maximum atomic E-state index is 3.47. The Morgan fingerprint density at radius 3 is 2.33 bits per heavy atom. The van der Waals surface area contributed by atoms with Crippen molar-refractivity contribution in [1.82, 2.24) is 0 Å². The predicted octanol–water partition coefficient (Wildman–Crippen LogP) is 4.85. The average Bonchev–Trinajstić information content (AvgIpc) is 2.30. The number of halogens is 2. The van der Waals surface area contributed by atoms with Gasteiger partial charge in [-0.1, -0.05) is 58.4 Å². The number of hydrogen-bond donors (Lipinski definition) is 0. The monoisotopic (exact) mass is 372 g/mol. The van der Waals surface area contributed by atoms with Crippen LogP contribution < -0.4 is 0 Å². The topological polar surface area (TPSA) is 0 Å². The molecule has 0 spiro atoms. The van der Waals surface area contributed by atoms with Gasteiger partial charge in [0.1, 0.15) is 0 Å². The van der Waals surface area contributed by atoms with Gasteiger partial charge >= 0.3 is 0 Å². The van der Waals surface area contributed by atoms with Gasteiger partial charge in [0.25, 0.3) is 0 Å². The van der Waals surface area contributed by atoms with E-state index in [1.54, 1.807) is 0 Å². The molecule has 0 saturated carbocycles. The highest BCUT2D eigenvalue weighted by molar-refractivity contribution is 14.1. The maximum Gasteiger partial charge on any atom is 0.0283 e. The third kappa shape index (κ3) is 2.61. The first kappa shape index (κ1) is 11.1. The van der Waals surface area contributed by atoms with E-state index in [1.165, 1.54) is 20.3 Å². The highest BCUT2D eigenvalue weighted by atomic mass is 127. The van der Waals surface area contributed by atoms with Crippen LogP contribution in [-0.2, 0) is 5.33 Å². The fourth-order valence-corrected chi connectivity index (χ4v) is 2.73. The van der Waals surface area contributed by atoms with Gasteiger partial charge in [-0.05, 0) is 45.3 Å². The molecule has 2 rings (SSSR count). The Kier molecular flexibility index (Phi) is 3.81. The lowest BCUT2D eigenvalue weighted by Gasteiger charge is -2.06. The van der Waals surface area contributed by atoms with Gasteiger partial charge in [0.05, 0.1) is 0 Å². The van der Waals surface area contributed by atoms with E-state index in [0.29, 0.717) is 0 Å². The molecule has 2 aromatic rings. The van der Waals surface area contributed by atoms with E-state index in [1.807, 2.05) is 6.07 Å². The minimum Gasteiger partial charge on any atom is -0.0876 e. The first-order valence-electron chi connectivity index (χ1n) is 4.71. The molecule has 0 radical (unpaired) electrons. The Hall–Kier alpha value is -0.350. The molecule has 2 aromatic carbocycles. The lowest BCUT2D eigenvalue weighted by Crippen LogP contribution is -1.85. The molecule has 76 valence electrons. The SMILES string of the molecule is BrCc1ccc(-c2ccccc2)c(I)c1. The van der Waals surface area contributed by atoms with Gasteiger partial charge in [-0.15, -0.1) is 0 Å². The summed E-state index contributed by atoms with van der Waals surface area (Å²) in [7, 11) is 0. The van der Waals surface area contributed by atoms with Crippen molar-refractivity contribution in [3.63, 3.8) is 0 Å². The summed E-state index contributed by atoms with van der Waals surface area (Å²) in [6.45, 7) is 0. The molecule has 0 aliphatic rings. The molecule has 0 nitrogen and oxygen atoms in total. The van der Waals surface area contributed by atoms with Crippen LogP contribution in [0.25, 0.3) is 11.1 Å². The van der Waals surface area contributed by atoms with E-state index in [-0.39, 0.29) is 0 Å². The van der Waals surface area contributed by atoms with Crippen LogP contribution in [0.2, 0.25) is 0 Å². The molecular formula is C13H10BrI. The van der Waals surface area contributed by atoms with Crippen LogP contribution in [0.1, 0.15) is 5.56 Å². The van der Waals surface area contributed by atoms with Gasteiger partial charge in [-0.25, -0.2) is 0 Å². The van der Waals surface area contributed by atoms with Crippen molar-refractivity contribution >= 4 is 38.5 Å². The number of hydrogen-bond acceptors (Lipinski definition) is 0. The van der Waals surface area contributed by atoms with Gasteiger partial charge in [-0.2, -0.15) is 0 Å².